The normalized spacial score (nSPS) is 10.7. The highest BCUT2D eigenvalue weighted by molar-refractivity contribution is 6.01. The van der Waals surface area contributed by atoms with Crippen LogP contribution in [0.25, 0.3) is 6.08 Å². The molecule has 0 bridgehead atoms. The number of rotatable bonds is 2. The van der Waals surface area contributed by atoms with E-state index >= 15 is 0 Å². The van der Waals surface area contributed by atoms with Gasteiger partial charge in [-0.3, -0.25) is 4.79 Å². The Kier molecular flexibility index (Phi) is 4.47. The van der Waals surface area contributed by atoms with Crippen LogP contribution in [0.3, 0.4) is 0 Å². The monoisotopic (exact) mass is 283 g/mol. The van der Waals surface area contributed by atoms with Crippen LogP contribution < -0.4 is 5.73 Å². The zero-order chi connectivity index (χ0) is 15.2. The average molecular weight is 283 g/mol. The summed E-state index contributed by atoms with van der Waals surface area (Å²) in [6.07, 6.45) is 1.24. The zero-order valence-electron chi connectivity index (χ0n) is 10.9. The van der Waals surface area contributed by atoms with E-state index in [2.05, 4.69) is 11.8 Å². The molecule has 21 heavy (non-hydrogen) atoms. The molecular formula is C17H11F2NO. The summed E-state index contributed by atoms with van der Waals surface area (Å²) in [7, 11) is 0. The quantitative estimate of drug-likeness (QED) is 0.668. The van der Waals surface area contributed by atoms with E-state index < -0.39 is 17.5 Å². The van der Waals surface area contributed by atoms with Crippen molar-refractivity contribution in [3.63, 3.8) is 0 Å². The van der Waals surface area contributed by atoms with Gasteiger partial charge in [0.15, 0.2) is 0 Å². The lowest BCUT2D eigenvalue weighted by atomic mass is 10.1. The van der Waals surface area contributed by atoms with E-state index in [9.17, 15) is 13.6 Å². The van der Waals surface area contributed by atoms with Gasteiger partial charge in [-0.25, -0.2) is 8.78 Å². The average Bonchev–Trinajstić information content (AvgIpc) is 2.46. The summed E-state index contributed by atoms with van der Waals surface area (Å²) in [5.41, 5.74) is 5.44. The van der Waals surface area contributed by atoms with Crippen molar-refractivity contribution in [3.8, 4) is 11.8 Å². The Labute approximate surface area is 120 Å². The van der Waals surface area contributed by atoms with E-state index in [4.69, 9.17) is 5.73 Å². The summed E-state index contributed by atoms with van der Waals surface area (Å²) in [5.74, 6) is 3.20. The number of carbonyl (C=O) groups is 1. The number of nitrogens with two attached hydrogens (primary N) is 1. The molecule has 2 aromatic carbocycles. The Morgan fingerprint density at radius 3 is 2.24 bits per heavy atom. The number of benzene rings is 2. The predicted octanol–water partition coefficient (Wildman–Crippen LogP) is 2.89. The van der Waals surface area contributed by atoms with Crippen molar-refractivity contribution < 1.29 is 13.6 Å². The summed E-state index contributed by atoms with van der Waals surface area (Å²) in [6.45, 7) is 0. The molecule has 0 aliphatic heterocycles. The second-order valence-corrected chi connectivity index (χ2v) is 4.17. The molecule has 2 nitrogen and oxygen atoms in total. The van der Waals surface area contributed by atoms with E-state index in [1.165, 1.54) is 42.5 Å². The first-order valence-corrected chi connectivity index (χ1v) is 6.10. The number of amides is 1. The molecule has 1 amide bonds. The van der Waals surface area contributed by atoms with Gasteiger partial charge >= 0.3 is 0 Å². The smallest absolute Gasteiger partial charge is 0.257 e. The Morgan fingerprint density at radius 1 is 1.00 bits per heavy atom. The van der Waals surface area contributed by atoms with Crippen molar-refractivity contribution in [2.24, 2.45) is 5.73 Å². The Balaban J connectivity index is 2.41. The van der Waals surface area contributed by atoms with Gasteiger partial charge in [-0.1, -0.05) is 42.2 Å². The summed E-state index contributed by atoms with van der Waals surface area (Å²) >= 11 is 0. The first-order valence-electron chi connectivity index (χ1n) is 6.10. The van der Waals surface area contributed by atoms with Crippen LogP contribution in [0.4, 0.5) is 8.78 Å². The van der Waals surface area contributed by atoms with Gasteiger partial charge in [0.1, 0.15) is 11.6 Å². The minimum absolute atomic E-state index is 0.0941. The Bertz CT molecular complexity index is 770. The van der Waals surface area contributed by atoms with E-state index in [0.717, 1.165) is 0 Å². The van der Waals surface area contributed by atoms with Crippen molar-refractivity contribution in [3.05, 3.63) is 76.9 Å². The fourth-order valence-corrected chi connectivity index (χ4v) is 1.61. The molecule has 2 rings (SSSR count). The third-order valence-corrected chi connectivity index (χ3v) is 2.68. The maximum Gasteiger partial charge on any atom is 0.257 e. The van der Waals surface area contributed by atoms with Gasteiger partial charge in [-0.05, 0) is 24.3 Å². The Hall–Kier alpha value is -2.93. The van der Waals surface area contributed by atoms with Crippen molar-refractivity contribution in [1.29, 1.82) is 0 Å². The Morgan fingerprint density at radius 2 is 1.62 bits per heavy atom. The molecule has 0 heterocycles. The SMILES string of the molecule is NC(=O)/C(C#Cc1ccccc1F)=C/c1ccccc1F. The van der Waals surface area contributed by atoms with Gasteiger partial charge in [0.2, 0.25) is 0 Å². The molecule has 0 aromatic heterocycles. The van der Waals surface area contributed by atoms with Crippen molar-refractivity contribution in [2.75, 3.05) is 0 Å². The van der Waals surface area contributed by atoms with E-state index in [1.54, 1.807) is 12.1 Å². The number of carbonyl (C=O) groups excluding carboxylic acids is 1. The third kappa shape index (κ3) is 3.77. The highest BCUT2D eigenvalue weighted by Gasteiger charge is 2.05. The van der Waals surface area contributed by atoms with E-state index in [1.807, 2.05) is 0 Å². The molecule has 0 radical (unpaired) electrons. The molecule has 4 heteroatoms. The lowest BCUT2D eigenvalue weighted by molar-refractivity contribution is -0.114. The van der Waals surface area contributed by atoms with E-state index in [-0.39, 0.29) is 16.7 Å². The summed E-state index contributed by atoms with van der Waals surface area (Å²) in [4.78, 5) is 11.4. The molecule has 0 aliphatic carbocycles. The van der Waals surface area contributed by atoms with Crippen LogP contribution in [-0.2, 0) is 4.79 Å². The molecule has 0 spiro atoms. The molecule has 2 aromatic rings. The summed E-state index contributed by atoms with van der Waals surface area (Å²) in [6, 6.07) is 11.8. The maximum atomic E-state index is 13.5. The number of primary amides is 1. The van der Waals surface area contributed by atoms with Crippen LogP contribution in [0.15, 0.2) is 54.1 Å². The topological polar surface area (TPSA) is 43.1 Å². The van der Waals surface area contributed by atoms with Gasteiger partial charge in [-0.15, -0.1) is 0 Å². The number of hydrogen-bond donors (Lipinski definition) is 1. The molecule has 104 valence electrons. The molecule has 0 saturated carbocycles. The number of hydrogen-bond acceptors (Lipinski definition) is 1. The van der Waals surface area contributed by atoms with Crippen LogP contribution in [0.1, 0.15) is 11.1 Å². The minimum atomic E-state index is -0.804. The van der Waals surface area contributed by atoms with Gasteiger partial charge in [-0.2, -0.15) is 0 Å². The molecule has 0 aliphatic rings. The van der Waals surface area contributed by atoms with Gasteiger partial charge in [0.05, 0.1) is 11.1 Å². The standard InChI is InChI=1S/C17H11F2NO/c18-15-7-3-1-5-12(15)9-10-14(17(20)21)11-13-6-2-4-8-16(13)19/h1-8,11H,(H2,20,21)/b14-11+. The fourth-order valence-electron chi connectivity index (χ4n) is 1.61. The molecule has 0 saturated heterocycles. The van der Waals surface area contributed by atoms with Crippen LogP contribution in [-0.4, -0.2) is 5.91 Å². The van der Waals surface area contributed by atoms with Crippen molar-refractivity contribution >= 4 is 12.0 Å². The first kappa shape index (κ1) is 14.5. The molecule has 2 N–H and O–H groups in total. The minimum Gasteiger partial charge on any atom is -0.365 e. The van der Waals surface area contributed by atoms with Crippen LogP contribution in [0, 0.1) is 23.5 Å². The molecular weight excluding hydrogens is 272 g/mol. The highest BCUT2D eigenvalue weighted by Crippen LogP contribution is 2.11. The molecule has 0 unspecified atom stereocenters. The van der Waals surface area contributed by atoms with Crippen LogP contribution in [0.5, 0.6) is 0 Å². The zero-order valence-corrected chi connectivity index (χ0v) is 10.9. The summed E-state index contributed by atoms with van der Waals surface area (Å²) < 4.78 is 27.0. The largest absolute Gasteiger partial charge is 0.365 e. The van der Waals surface area contributed by atoms with Crippen molar-refractivity contribution in [1.82, 2.24) is 0 Å². The maximum absolute atomic E-state index is 13.5. The third-order valence-electron chi connectivity index (χ3n) is 2.68. The lowest BCUT2D eigenvalue weighted by Crippen LogP contribution is -2.12. The molecule has 0 fully saturated rings. The van der Waals surface area contributed by atoms with Crippen molar-refractivity contribution in [2.45, 2.75) is 0 Å². The van der Waals surface area contributed by atoms with Gasteiger partial charge < -0.3 is 5.73 Å². The van der Waals surface area contributed by atoms with Gasteiger partial charge in [0, 0.05) is 5.56 Å². The van der Waals surface area contributed by atoms with Crippen LogP contribution >= 0.6 is 0 Å². The second kappa shape index (κ2) is 6.49. The first-order chi connectivity index (χ1) is 10.1. The predicted molar refractivity (Wildman–Crippen MR) is 76.8 cm³/mol. The lowest BCUT2D eigenvalue weighted by Gasteiger charge is -1.98. The summed E-state index contributed by atoms with van der Waals surface area (Å²) in [5, 5.41) is 0. The number of halogens is 2. The second-order valence-electron chi connectivity index (χ2n) is 4.17. The van der Waals surface area contributed by atoms with E-state index in [0.29, 0.717) is 0 Å². The fraction of sp³-hybridized carbons (Fsp3) is 0. The van der Waals surface area contributed by atoms with Crippen LogP contribution in [0.2, 0.25) is 0 Å². The van der Waals surface area contributed by atoms with Gasteiger partial charge in [0.25, 0.3) is 5.91 Å². The highest BCUT2D eigenvalue weighted by atomic mass is 19.1. The molecule has 0 atom stereocenters.